The van der Waals surface area contributed by atoms with Crippen LogP contribution in [0.5, 0.6) is 0 Å². The summed E-state index contributed by atoms with van der Waals surface area (Å²) in [4.78, 5) is 35.1. The first-order valence-electron chi connectivity index (χ1n) is 5.65. The smallest absolute Gasteiger partial charge is 0.416 e. The van der Waals surface area contributed by atoms with Crippen molar-refractivity contribution in [2.45, 2.75) is 32.1 Å². The molecular formula is C11H15NO4. The molecule has 2 aliphatic rings. The Labute approximate surface area is 93.7 Å². The van der Waals surface area contributed by atoms with E-state index in [9.17, 15) is 14.4 Å². The first kappa shape index (κ1) is 11.1. The van der Waals surface area contributed by atoms with Gasteiger partial charge in [-0.25, -0.2) is 9.69 Å². The maximum atomic E-state index is 11.7. The number of carbonyl (C=O) groups excluding carboxylic acids is 3. The number of nitrogens with zero attached hydrogens (tertiary/aromatic N) is 1. The molecule has 0 aromatic heterocycles. The molecule has 1 heterocycles. The zero-order chi connectivity index (χ0) is 11.5. The van der Waals surface area contributed by atoms with Gasteiger partial charge in [0.25, 0.3) is 0 Å². The van der Waals surface area contributed by atoms with Crippen LogP contribution in [0, 0.1) is 5.92 Å². The van der Waals surface area contributed by atoms with E-state index < -0.39 is 6.09 Å². The molecule has 0 N–H and O–H groups in total. The van der Waals surface area contributed by atoms with Crippen molar-refractivity contribution in [3.63, 3.8) is 0 Å². The van der Waals surface area contributed by atoms with Crippen LogP contribution >= 0.6 is 0 Å². The van der Waals surface area contributed by atoms with E-state index in [1.54, 1.807) is 0 Å². The predicted octanol–water partition coefficient (Wildman–Crippen LogP) is 1.11. The maximum absolute atomic E-state index is 11.7. The number of carbonyl (C=O) groups is 3. The van der Waals surface area contributed by atoms with Gasteiger partial charge in [0.15, 0.2) is 0 Å². The van der Waals surface area contributed by atoms with Gasteiger partial charge in [-0.05, 0) is 18.8 Å². The number of hydrogen-bond acceptors (Lipinski definition) is 4. The fourth-order valence-corrected chi connectivity index (χ4v) is 2.18. The van der Waals surface area contributed by atoms with E-state index in [1.165, 1.54) is 0 Å². The molecule has 0 radical (unpaired) electrons. The summed E-state index contributed by atoms with van der Waals surface area (Å²) >= 11 is 0. The Balaban J connectivity index is 1.83. The van der Waals surface area contributed by atoms with E-state index in [0.717, 1.165) is 17.7 Å². The predicted molar refractivity (Wildman–Crippen MR) is 54.6 cm³/mol. The first-order chi connectivity index (χ1) is 7.66. The van der Waals surface area contributed by atoms with Crippen molar-refractivity contribution in [3.8, 4) is 0 Å². The van der Waals surface area contributed by atoms with Gasteiger partial charge < -0.3 is 4.74 Å². The molecule has 0 aromatic rings. The highest BCUT2D eigenvalue weighted by Gasteiger charge is 2.30. The molecule has 1 saturated heterocycles. The summed E-state index contributed by atoms with van der Waals surface area (Å²) < 4.78 is 4.70. The van der Waals surface area contributed by atoms with E-state index in [1.807, 2.05) is 0 Å². The monoisotopic (exact) mass is 225 g/mol. The molecule has 88 valence electrons. The molecule has 2 fully saturated rings. The fourth-order valence-electron chi connectivity index (χ4n) is 2.18. The van der Waals surface area contributed by atoms with Crippen molar-refractivity contribution >= 4 is 17.8 Å². The van der Waals surface area contributed by atoms with Gasteiger partial charge in [0.05, 0.1) is 6.54 Å². The van der Waals surface area contributed by atoms with Gasteiger partial charge in [0.1, 0.15) is 12.4 Å². The summed E-state index contributed by atoms with van der Waals surface area (Å²) in [7, 11) is 0. The van der Waals surface area contributed by atoms with Crippen LogP contribution in [0.2, 0.25) is 0 Å². The average Bonchev–Trinajstić information content (AvgIpc) is 2.68. The second kappa shape index (κ2) is 4.63. The van der Waals surface area contributed by atoms with Gasteiger partial charge in [0, 0.05) is 19.3 Å². The minimum Gasteiger partial charge on any atom is -0.447 e. The molecule has 0 atom stereocenters. The highest BCUT2D eigenvalue weighted by molar-refractivity contribution is 5.93. The van der Waals surface area contributed by atoms with Crippen LogP contribution in [-0.4, -0.2) is 35.8 Å². The number of Topliss-reactive ketones (excluding diaryl/α,β-unsaturated/α-hetero) is 1. The Bertz CT molecular complexity index is 316. The Hall–Kier alpha value is -1.39. The molecule has 1 aliphatic carbocycles. The molecule has 2 rings (SSSR count). The van der Waals surface area contributed by atoms with Gasteiger partial charge >= 0.3 is 6.09 Å². The second-order valence-electron chi connectivity index (χ2n) is 4.35. The van der Waals surface area contributed by atoms with Crippen LogP contribution in [0.3, 0.4) is 0 Å². The summed E-state index contributed by atoms with van der Waals surface area (Å²) in [5.41, 5.74) is 0. The van der Waals surface area contributed by atoms with Crippen molar-refractivity contribution in [2.75, 3.05) is 13.2 Å². The quantitative estimate of drug-likeness (QED) is 0.706. The molecule has 16 heavy (non-hydrogen) atoms. The van der Waals surface area contributed by atoms with Crippen LogP contribution in [-0.2, 0) is 14.3 Å². The summed E-state index contributed by atoms with van der Waals surface area (Å²) in [6.07, 6.45) is 2.52. The van der Waals surface area contributed by atoms with Gasteiger partial charge in [-0.1, -0.05) is 0 Å². The third kappa shape index (κ3) is 2.40. The summed E-state index contributed by atoms with van der Waals surface area (Å²) in [6.45, 7) is 0.664. The number of amides is 2. The van der Waals surface area contributed by atoms with Crippen LogP contribution in [0.4, 0.5) is 4.79 Å². The SMILES string of the molecule is O=C1CCC(CC(=O)N2CCOC2=O)CC1. The molecule has 2 amide bonds. The van der Waals surface area contributed by atoms with E-state index in [2.05, 4.69) is 0 Å². The lowest BCUT2D eigenvalue weighted by molar-refractivity contribution is -0.130. The minimum atomic E-state index is -0.531. The minimum absolute atomic E-state index is 0.165. The standard InChI is InChI=1S/C11H15NO4/c13-9-3-1-8(2-4-9)7-10(14)12-5-6-16-11(12)15/h8H,1-7H2. The van der Waals surface area contributed by atoms with Gasteiger partial charge in [0.2, 0.25) is 5.91 Å². The van der Waals surface area contributed by atoms with Crippen LogP contribution in [0.1, 0.15) is 32.1 Å². The molecule has 1 aliphatic heterocycles. The van der Waals surface area contributed by atoms with Crippen molar-refractivity contribution in [1.29, 1.82) is 0 Å². The molecule has 5 heteroatoms. The summed E-state index contributed by atoms with van der Waals surface area (Å²) in [5.74, 6) is 0.365. The fraction of sp³-hybridized carbons (Fsp3) is 0.727. The van der Waals surface area contributed by atoms with E-state index in [-0.39, 0.29) is 17.6 Å². The lowest BCUT2D eigenvalue weighted by Crippen LogP contribution is -2.33. The lowest BCUT2D eigenvalue weighted by atomic mass is 9.86. The van der Waals surface area contributed by atoms with E-state index >= 15 is 0 Å². The second-order valence-corrected chi connectivity index (χ2v) is 4.35. The highest BCUT2D eigenvalue weighted by Crippen LogP contribution is 2.25. The van der Waals surface area contributed by atoms with Crippen molar-refractivity contribution < 1.29 is 19.1 Å². The van der Waals surface area contributed by atoms with Gasteiger partial charge in [-0.3, -0.25) is 9.59 Å². The molecule has 5 nitrogen and oxygen atoms in total. The third-order valence-corrected chi connectivity index (χ3v) is 3.19. The zero-order valence-corrected chi connectivity index (χ0v) is 9.11. The molecule has 0 aromatic carbocycles. The zero-order valence-electron chi connectivity index (χ0n) is 9.11. The molecule has 0 bridgehead atoms. The Morgan fingerprint density at radius 3 is 2.56 bits per heavy atom. The highest BCUT2D eigenvalue weighted by atomic mass is 16.6. The Kier molecular flexibility index (Phi) is 3.22. The molecule has 1 saturated carbocycles. The van der Waals surface area contributed by atoms with E-state index in [4.69, 9.17) is 4.74 Å². The molecule has 0 spiro atoms. The number of hydrogen-bond donors (Lipinski definition) is 0. The van der Waals surface area contributed by atoms with Crippen LogP contribution in [0.15, 0.2) is 0 Å². The number of cyclic esters (lactones) is 1. The van der Waals surface area contributed by atoms with Crippen molar-refractivity contribution in [3.05, 3.63) is 0 Å². The van der Waals surface area contributed by atoms with Gasteiger partial charge in [-0.2, -0.15) is 0 Å². The molecule has 0 unspecified atom stereocenters. The summed E-state index contributed by atoms with van der Waals surface area (Å²) in [6, 6.07) is 0. The Morgan fingerprint density at radius 2 is 2.00 bits per heavy atom. The number of ketones is 1. The molecular weight excluding hydrogens is 210 g/mol. The number of ether oxygens (including phenoxy) is 1. The average molecular weight is 225 g/mol. The number of imide groups is 1. The first-order valence-corrected chi connectivity index (χ1v) is 5.65. The van der Waals surface area contributed by atoms with Crippen molar-refractivity contribution in [1.82, 2.24) is 4.90 Å². The largest absolute Gasteiger partial charge is 0.447 e. The van der Waals surface area contributed by atoms with E-state index in [0.29, 0.717) is 32.4 Å². The van der Waals surface area contributed by atoms with Crippen LogP contribution < -0.4 is 0 Å². The normalized spacial score (nSPS) is 22.4. The maximum Gasteiger partial charge on any atom is 0.416 e. The van der Waals surface area contributed by atoms with Crippen LogP contribution in [0.25, 0.3) is 0 Å². The number of rotatable bonds is 2. The van der Waals surface area contributed by atoms with Gasteiger partial charge in [-0.15, -0.1) is 0 Å². The third-order valence-electron chi connectivity index (χ3n) is 3.19. The topological polar surface area (TPSA) is 63.7 Å². The Morgan fingerprint density at radius 1 is 1.31 bits per heavy atom. The van der Waals surface area contributed by atoms with Crippen molar-refractivity contribution in [2.24, 2.45) is 5.92 Å². The lowest BCUT2D eigenvalue weighted by Gasteiger charge is -2.21. The summed E-state index contributed by atoms with van der Waals surface area (Å²) in [5, 5.41) is 0.